The quantitative estimate of drug-likeness (QED) is 0.459. The molecule has 0 aliphatic carbocycles. The van der Waals surface area contributed by atoms with Crippen molar-refractivity contribution in [2.45, 2.75) is 6.54 Å². The van der Waals surface area contributed by atoms with E-state index in [9.17, 15) is 4.79 Å². The fourth-order valence-electron chi connectivity index (χ4n) is 2.42. The molecular weight excluding hydrogens is 435 g/mol. The van der Waals surface area contributed by atoms with Crippen LogP contribution in [0.1, 0.15) is 15.9 Å². The first-order valence-corrected chi connectivity index (χ1v) is 9.41. The zero-order chi connectivity index (χ0) is 18.5. The van der Waals surface area contributed by atoms with Crippen LogP contribution in [0.4, 0.5) is 11.4 Å². The van der Waals surface area contributed by atoms with Gasteiger partial charge in [-0.25, -0.2) is 0 Å². The average molecular weight is 450 g/mol. The number of benzene rings is 3. The summed E-state index contributed by atoms with van der Waals surface area (Å²) in [5.41, 5.74) is 2.92. The molecule has 132 valence electrons. The normalized spacial score (nSPS) is 10.4. The van der Waals surface area contributed by atoms with Crippen LogP contribution in [0.25, 0.3) is 0 Å². The van der Waals surface area contributed by atoms with Crippen LogP contribution >= 0.6 is 39.1 Å². The molecule has 0 atom stereocenters. The molecule has 0 fully saturated rings. The lowest BCUT2D eigenvalue weighted by Crippen LogP contribution is -2.15. The van der Waals surface area contributed by atoms with E-state index in [1.54, 1.807) is 24.3 Å². The SMILES string of the molecule is O=C(Nc1ccc(Cl)cc1Cl)c1ccccc1NCc1ccc(Br)cc1. The van der Waals surface area contributed by atoms with Gasteiger partial charge in [-0.05, 0) is 48.0 Å². The lowest BCUT2D eigenvalue weighted by Gasteiger charge is -2.13. The fourth-order valence-corrected chi connectivity index (χ4v) is 3.14. The molecule has 0 aliphatic rings. The summed E-state index contributed by atoms with van der Waals surface area (Å²) in [5, 5.41) is 7.05. The molecule has 3 aromatic carbocycles. The Morgan fingerprint density at radius 1 is 0.923 bits per heavy atom. The molecule has 1 amide bonds. The second-order valence-corrected chi connectivity index (χ2v) is 7.36. The summed E-state index contributed by atoms with van der Waals surface area (Å²) in [6, 6.07) is 20.3. The highest BCUT2D eigenvalue weighted by Gasteiger charge is 2.13. The monoisotopic (exact) mass is 448 g/mol. The molecule has 0 heterocycles. The summed E-state index contributed by atoms with van der Waals surface area (Å²) in [5.74, 6) is -0.242. The van der Waals surface area contributed by atoms with Crippen molar-refractivity contribution in [2.24, 2.45) is 0 Å². The summed E-state index contributed by atoms with van der Waals surface area (Å²) in [6.07, 6.45) is 0. The largest absolute Gasteiger partial charge is 0.380 e. The highest BCUT2D eigenvalue weighted by Crippen LogP contribution is 2.27. The van der Waals surface area contributed by atoms with Crippen LogP contribution in [-0.2, 0) is 6.54 Å². The van der Waals surface area contributed by atoms with Crippen molar-refractivity contribution in [1.82, 2.24) is 0 Å². The predicted octanol–water partition coefficient (Wildman–Crippen LogP) is 6.62. The molecule has 0 radical (unpaired) electrons. The maximum Gasteiger partial charge on any atom is 0.257 e. The highest BCUT2D eigenvalue weighted by molar-refractivity contribution is 9.10. The fraction of sp³-hybridized carbons (Fsp3) is 0.0500. The second kappa shape index (κ2) is 8.58. The summed E-state index contributed by atoms with van der Waals surface area (Å²) in [6.45, 7) is 0.610. The van der Waals surface area contributed by atoms with Crippen LogP contribution in [0.15, 0.2) is 71.2 Å². The van der Waals surface area contributed by atoms with E-state index in [2.05, 4.69) is 26.6 Å². The maximum atomic E-state index is 12.7. The van der Waals surface area contributed by atoms with Gasteiger partial charge in [0.2, 0.25) is 0 Å². The van der Waals surface area contributed by atoms with Gasteiger partial charge in [0.1, 0.15) is 0 Å². The molecule has 6 heteroatoms. The zero-order valence-electron chi connectivity index (χ0n) is 13.6. The van der Waals surface area contributed by atoms with E-state index in [1.165, 1.54) is 0 Å². The van der Waals surface area contributed by atoms with Gasteiger partial charge in [0.05, 0.1) is 16.3 Å². The second-order valence-electron chi connectivity index (χ2n) is 5.60. The first-order valence-electron chi connectivity index (χ1n) is 7.86. The number of halogens is 3. The van der Waals surface area contributed by atoms with Crippen molar-refractivity contribution < 1.29 is 4.79 Å². The van der Waals surface area contributed by atoms with Crippen molar-refractivity contribution in [2.75, 3.05) is 10.6 Å². The van der Waals surface area contributed by atoms with Gasteiger partial charge in [0, 0.05) is 21.7 Å². The molecule has 0 saturated carbocycles. The molecule has 0 spiro atoms. The molecule has 2 N–H and O–H groups in total. The minimum Gasteiger partial charge on any atom is -0.380 e. The molecule has 0 aromatic heterocycles. The van der Waals surface area contributed by atoms with Crippen LogP contribution in [0.3, 0.4) is 0 Å². The summed E-state index contributed by atoms with van der Waals surface area (Å²) in [7, 11) is 0. The van der Waals surface area contributed by atoms with Crippen molar-refractivity contribution in [3.05, 3.63) is 92.4 Å². The highest BCUT2D eigenvalue weighted by atomic mass is 79.9. The summed E-state index contributed by atoms with van der Waals surface area (Å²) in [4.78, 5) is 12.7. The molecular formula is C20H15BrCl2N2O. The van der Waals surface area contributed by atoms with Crippen molar-refractivity contribution in [1.29, 1.82) is 0 Å². The van der Waals surface area contributed by atoms with E-state index in [0.717, 1.165) is 15.7 Å². The summed E-state index contributed by atoms with van der Waals surface area (Å²) < 4.78 is 1.03. The number of anilines is 2. The zero-order valence-corrected chi connectivity index (χ0v) is 16.7. The van der Waals surface area contributed by atoms with Crippen molar-refractivity contribution in [3.63, 3.8) is 0 Å². The number of para-hydroxylation sites is 1. The van der Waals surface area contributed by atoms with Gasteiger partial charge in [-0.2, -0.15) is 0 Å². The molecule has 3 nitrogen and oxygen atoms in total. The third-order valence-corrected chi connectivity index (χ3v) is 4.82. The van der Waals surface area contributed by atoms with Crippen LogP contribution < -0.4 is 10.6 Å². The van der Waals surface area contributed by atoms with Gasteiger partial charge in [-0.15, -0.1) is 0 Å². The van der Waals surface area contributed by atoms with Gasteiger partial charge >= 0.3 is 0 Å². The number of hydrogen-bond acceptors (Lipinski definition) is 2. The molecule has 0 unspecified atom stereocenters. The van der Waals surface area contributed by atoms with E-state index >= 15 is 0 Å². The molecule has 3 rings (SSSR count). The van der Waals surface area contributed by atoms with Crippen LogP contribution in [0.2, 0.25) is 10.0 Å². The van der Waals surface area contributed by atoms with Gasteiger partial charge in [-0.3, -0.25) is 4.79 Å². The van der Waals surface area contributed by atoms with Crippen LogP contribution in [0, 0.1) is 0 Å². The molecule has 0 aliphatic heterocycles. The van der Waals surface area contributed by atoms with E-state index in [1.807, 2.05) is 42.5 Å². The first kappa shape index (κ1) is 18.8. The molecule has 3 aromatic rings. The van der Waals surface area contributed by atoms with E-state index in [4.69, 9.17) is 23.2 Å². The minimum absolute atomic E-state index is 0.242. The minimum atomic E-state index is -0.242. The third kappa shape index (κ3) is 4.79. The number of carbonyl (C=O) groups is 1. The Morgan fingerprint density at radius 3 is 2.38 bits per heavy atom. The van der Waals surface area contributed by atoms with E-state index < -0.39 is 0 Å². The number of amides is 1. The Labute approximate surface area is 170 Å². The number of nitrogens with one attached hydrogen (secondary N) is 2. The average Bonchev–Trinajstić information content (AvgIpc) is 2.64. The molecule has 0 saturated heterocycles. The Balaban J connectivity index is 1.75. The lowest BCUT2D eigenvalue weighted by molar-refractivity contribution is 0.102. The number of hydrogen-bond donors (Lipinski definition) is 2. The third-order valence-electron chi connectivity index (χ3n) is 3.75. The first-order chi connectivity index (χ1) is 12.5. The van der Waals surface area contributed by atoms with Crippen LogP contribution in [-0.4, -0.2) is 5.91 Å². The Hall–Kier alpha value is -2.01. The lowest BCUT2D eigenvalue weighted by atomic mass is 10.1. The number of carbonyl (C=O) groups excluding carboxylic acids is 1. The van der Waals surface area contributed by atoms with Gasteiger partial charge in [-0.1, -0.05) is 63.4 Å². The maximum absolute atomic E-state index is 12.7. The number of rotatable bonds is 5. The standard InChI is InChI=1S/C20H15BrCl2N2O/c21-14-7-5-13(6-8-14)12-24-18-4-2-1-3-16(18)20(26)25-19-10-9-15(22)11-17(19)23/h1-11,24H,12H2,(H,25,26). The van der Waals surface area contributed by atoms with Crippen LogP contribution in [0.5, 0.6) is 0 Å². The van der Waals surface area contributed by atoms with Crippen molar-refractivity contribution >= 4 is 56.4 Å². The van der Waals surface area contributed by atoms with Gasteiger partial charge < -0.3 is 10.6 Å². The van der Waals surface area contributed by atoms with Crippen molar-refractivity contribution in [3.8, 4) is 0 Å². The Bertz CT molecular complexity index is 929. The van der Waals surface area contributed by atoms with Gasteiger partial charge in [0.15, 0.2) is 0 Å². The smallest absolute Gasteiger partial charge is 0.257 e. The Morgan fingerprint density at radius 2 is 1.65 bits per heavy atom. The molecule has 26 heavy (non-hydrogen) atoms. The predicted molar refractivity (Wildman–Crippen MR) is 112 cm³/mol. The van der Waals surface area contributed by atoms with Gasteiger partial charge in [0.25, 0.3) is 5.91 Å². The topological polar surface area (TPSA) is 41.1 Å². The molecule has 0 bridgehead atoms. The van der Waals surface area contributed by atoms with E-state index in [0.29, 0.717) is 27.8 Å². The summed E-state index contributed by atoms with van der Waals surface area (Å²) >= 11 is 15.5. The van der Waals surface area contributed by atoms with E-state index in [-0.39, 0.29) is 5.91 Å². The Kier molecular flexibility index (Phi) is 6.20.